The number of aliphatic hydroxyl groups is 1. The minimum absolute atomic E-state index is 0.125. The van der Waals surface area contributed by atoms with Gasteiger partial charge >= 0.3 is 0 Å². The van der Waals surface area contributed by atoms with Crippen molar-refractivity contribution in [1.82, 2.24) is 0 Å². The van der Waals surface area contributed by atoms with Gasteiger partial charge in [-0.15, -0.1) is 0 Å². The fraction of sp³-hybridized carbons (Fsp3) is 0.174. The van der Waals surface area contributed by atoms with Crippen molar-refractivity contribution in [3.63, 3.8) is 0 Å². The first-order valence-electron chi connectivity index (χ1n) is 8.57. The van der Waals surface area contributed by atoms with Gasteiger partial charge in [-0.1, -0.05) is 60.1 Å². The van der Waals surface area contributed by atoms with Gasteiger partial charge in [0.1, 0.15) is 6.61 Å². The Morgan fingerprint density at radius 3 is 2.00 bits per heavy atom. The molecule has 2 rings (SSSR count). The van der Waals surface area contributed by atoms with Crippen LogP contribution in [0.4, 0.5) is 11.4 Å². The molecule has 3 heteroatoms. The molecular formula is C23H22N2O. The van der Waals surface area contributed by atoms with Crippen molar-refractivity contribution in [1.29, 1.82) is 0 Å². The number of benzene rings is 2. The van der Waals surface area contributed by atoms with Crippen LogP contribution < -0.4 is 5.01 Å². The van der Waals surface area contributed by atoms with Crippen LogP contribution in [0.25, 0.3) is 0 Å². The second-order valence-corrected chi connectivity index (χ2v) is 5.31. The molecule has 0 aliphatic carbocycles. The van der Waals surface area contributed by atoms with E-state index in [1.165, 1.54) is 0 Å². The minimum Gasteiger partial charge on any atom is -0.384 e. The molecule has 0 radical (unpaired) electrons. The van der Waals surface area contributed by atoms with Crippen LogP contribution in [0.1, 0.15) is 19.3 Å². The summed E-state index contributed by atoms with van der Waals surface area (Å²) in [5.74, 6) is 11.2. The topological polar surface area (TPSA) is 35.8 Å². The largest absolute Gasteiger partial charge is 0.384 e. The molecule has 0 amide bonds. The summed E-state index contributed by atoms with van der Waals surface area (Å²) < 4.78 is 0. The lowest BCUT2D eigenvalue weighted by molar-refractivity contribution is 0.350. The second kappa shape index (κ2) is 12.1. The molecule has 0 heterocycles. The van der Waals surface area contributed by atoms with E-state index in [4.69, 9.17) is 5.11 Å². The Hall–Kier alpha value is -3.27. The third-order valence-electron chi connectivity index (χ3n) is 3.37. The van der Waals surface area contributed by atoms with Gasteiger partial charge in [0.15, 0.2) is 0 Å². The summed E-state index contributed by atoms with van der Waals surface area (Å²) in [4.78, 5) is 0. The molecule has 0 aliphatic rings. The number of anilines is 2. The van der Waals surface area contributed by atoms with E-state index in [0.29, 0.717) is 0 Å². The number of unbranched alkanes of at least 4 members (excludes halogenated alkanes) is 2. The standard InChI is InChI=1S/C23H22N2O/c26-21-15-7-5-3-1-2-4-6-14-20-24-25(22-16-10-8-11-17-22)23-18-12-9-13-19-23/h3,5,8-13,16-20,26H,4,6,14,21H2/b5-3-,24-20+. The number of hydrogen-bond donors (Lipinski definition) is 1. The van der Waals surface area contributed by atoms with E-state index in [2.05, 4.69) is 28.8 Å². The molecule has 130 valence electrons. The summed E-state index contributed by atoms with van der Waals surface area (Å²) in [7, 11) is 0. The molecule has 26 heavy (non-hydrogen) atoms. The van der Waals surface area contributed by atoms with E-state index in [9.17, 15) is 0 Å². The maximum absolute atomic E-state index is 8.51. The third kappa shape index (κ3) is 7.09. The number of aliphatic hydroxyl groups excluding tert-OH is 1. The van der Waals surface area contributed by atoms with Crippen LogP contribution in [-0.4, -0.2) is 17.9 Å². The van der Waals surface area contributed by atoms with Crippen molar-refractivity contribution in [3.8, 4) is 23.7 Å². The molecule has 0 aromatic heterocycles. The van der Waals surface area contributed by atoms with Gasteiger partial charge in [0.05, 0.1) is 11.4 Å². The smallest absolute Gasteiger partial charge is 0.104 e. The molecule has 1 N–H and O–H groups in total. The summed E-state index contributed by atoms with van der Waals surface area (Å²) in [5.41, 5.74) is 2.06. The molecular weight excluding hydrogens is 320 g/mol. The van der Waals surface area contributed by atoms with E-state index >= 15 is 0 Å². The fourth-order valence-corrected chi connectivity index (χ4v) is 2.16. The normalized spacial score (nSPS) is 10.2. The summed E-state index contributed by atoms with van der Waals surface area (Å²) in [6, 6.07) is 20.2. The number of allylic oxidation sites excluding steroid dienone is 2. The number of hydrogen-bond acceptors (Lipinski definition) is 3. The highest BCUT2D eigenvalue weighted by molar-refractivity contribution is 5.67. The highest BCUT2D eigenvalue weighted by Gasteiger charge is 2.05. The van der Waals surface area contributed by atoms with Gasteiger partial charge in [-0.3, -0.25) is 0 Å². The Labute approximate surface area is 155 Å². The molecule has 0 atom stereocenters. The second-order valence-electron chi connectivity index (χ2n) is 5.31. The average molecular weight is 342 g/mol. The SMILES string of the molecule is OCC#C/C=C\C#CCCC/C=N/N(c1ccccc1)c1ccccc1. The first-order valence-corrected chi connectivity index (χ1v) is 8.57. The van der Waals surface area contributed by atoms with Crippen molar-refractivity contribution in [3.05, 3.63) is 72.8 Å². The van der Waals surface area contributed by atoms with Crippen LogP contribution >= 0.6 is 0 Å². The molecule has 0 saturated carbocycles. The van der Waals surface area contributed by atoms with Gasteiger partial charge in [-0.25, -0.2) is 5.01 Å². The summed E-state index contributed by atoms with van der Waals surface area (Å²) >= 11 is 0. The predicted octanol–water partition coefficient (Wildman–Crippen LogP) is 4.54. The van der Waals surface area contributed by atoms with E-state index in [-0.39, 0.29) is 6.61 Å². The van der Waals surface area contributed by atoms with Gasteiger partial charge in [-0.05, 0) is 49.3 Å². The number of para-hydroxylation sites is 2. The molecule has 0 saturated heterocycles. The molecule has 0 unspecified atom stereocenters. The zero-order valence-electron chi connectivity index (χ0n) is 14.7. The number of rotatable bonds is 6. The Balaban J connectivity index is 1.87. The summed E-state index contributed by atoms with van der Waals surface area (Å²) in [6.07, 6.45) is 7.89. The van der Waals surface area contributed by atoms with Crippen molar-refractivity contribution >= 4 is 17.6 Å². The lowest BCUT2D eigenvalue weighted by Gasteiger charge is -2.19. The number of nitrogens with zero attached hydrogens (tertiary/aromatic N) is 2. The van der Waals surface area contributed by atoms with Crippen LogP contribution in [0.2, 0.25) is 0 Å². The Morgan fingerprint density at radius 1 is 0.846 bits per heavy atom. The minimum atomic E-state index is -0.125. The van der Waals surface area contributed by atoms with Crippen molar-refractivity contribution in [2.75, 3.05) is 11.6 Å². The fourth-order valence-electron chi connectivity index (χ4n) is 2.16. The monoisotopic (exact) mass is 342 g/mol. The van der Waals surface area contributed by atoms with Gasteiger partial charge in [0.25, 0.3) is 0 Å². The Bertz CT molecular complexity index is 779. The molecule has 0 aliphatic heterocycles. The van der Waals surface area contributed by atoms with Crippen LogP contribution in [0, 0.1) is 23.7 Å². The lowest BCUT2D eigenvalue weighted by Crippen LogP contribution is -2.08. The van der Waals surface area contributed by atoms with Gasteiger partial charge in [0, 0.05) is 12.6 Å². The molecule has 3 nitrogen and oxygen atoms in total. The Kier molecular flexibility index (Phi) is 8.90. The highest BCUT2D eigenvalue weighted by atomic mass is 16.2. The molecule has 2 aromatic carbocycles. The first-order chi connectivity index (χ1) is 12.9. The van der Waals surface area contributed by atoms with E-state index in [1.54, 1.807) is 12.2 Å². The zero-order chi connectivity index (χ0) is 18.3. The molecule has 0 spiro atoms. The van der Waals surface area contributed by atoms with E-state index < -0.39 is 0 Å². The van der Waals surface area contributed by atoms with Gasteiger partial charge in [-0.2, -0.15) is 5.10 Å². The lowest BCUT2D eigenvalue weighted by atomic mass is 10.2. The van der Waals surface area contributed by atoms with E-state index in [0.717, 1.165) is 30.6 Å². The van der Waals surface area contributed by atoms with Crippen LogP contribution in [0.15, 0.2) is 77.9 Å². The van der Waals surface area contributed by atoms with E-state index in [1.807, 2.05) is 71.9 Å². The van der Waals surface area contributed by atoms with Gasteiger partial charge in [0.2, 0.25) is 0 Å². The quantitative estimate of drug-likeness (QED) is 0.362. The van der Waals surface area contributed by atoms with Crippen molar-refractivity contribution in [2.45, 2.75) is 19.3 Å². The maximum atomic E-state index is 8.51. The predicted molar refractivity (Wildman–Crippen MR) is 109 cm³/mol. The van der Waals surface area contributed by atoms with Crippen LogP contribution in [0.5, 0.6) is 0 Å². The third-order valence-corrected chi connectivity index (χ3v) is 3.37. The van der Waals surface area contributed by atoms with Crippen molar-refractivity contribution < 1.29 is 5.11 Å². The first kappa shape index (κ1) is 19.1. The van der Waals surface area contributed by atoms with Crippen LogP contribution in [0.3, 0.4) is 0 Å². The maximum Gasteiger partial charge on any atom is 0.104 e. The Morgan fingerprint density at radius 2 is 1.42 bits per heavy atom. The summed E-state index contributed by atoms with van der Waals surface area (Å²) in [5, 5.41) is 15.1. The summed E-state index contributed by atoms with van der Waals surface area (Å²) in [6.45, 7) is -0.125. The van der Waals surface area contributed by atoms with Crippen LogP contribution in [-0.2, 0) is 0 Å². The van der Waals surface area contributed by atoms with Gasteiger partial charge < -0.3 is 5.11 Å². The molecule has 0 bridgehead atoms. The molecule has 0 fully saturated rings. The van der Waals surface area contributed by atoms with Crippen molar-refractivity contribution in [2.24, 2.45) is 5.10 Å². The highest BCUT2D eigenvalue weighted by Crippen LogP contribution is 2.24. The average Bonchev–Trinajstić information content (AvgIpc) is 2.70. The number of hydrazone groups is 1. The zero-order valence-corrected chi connectivity index (χ0v) is 14.7. The molecule has 2 aromatic rings.